The number of hydrogen-bond acceptors (Lipinski definition) is 2. The molecule has 0 aliphatic rings. The maximum atomic E-state index is 4.14. The summed E-state index contributed by atoms with van der Waals surface area (Å²) in [5.74, 6) is 0. The van der Waals surface area contributed by atoms with Gasteiger partial charge in [-0.3, -0.25) is 4.98 Å². The number of rotatable bonds is 5. The first-order valence-corrected chi connectivity index (χ1v) is 6.02. The minimum absolute atomic E-state index is 0.511. The van der Waals surface area contributed by atoms with Gasteiger partial charge in [-0.05, 0) is 23.8 Å². The van der Waals surface area contributed by atoms with Crippen LogP contribution in [0.3, 0.4) is 0 Å². The maximum Gasteiger partial charge on any atom is 0.0488 e. The van der Waals surface area contributed by atoms with E-state index in [2.05, 4.69) is 53.1 Å². The lowest BCUT2D eigenvalue weighted by atomic mass is 10.3. The Labute approximate surface area is 103 Å². The van der Waals surface area contributed by atoms with E-state index in [9.17, 15) is 0 Å². The van der Waals surface area contributed by atoms with Crippen LogP contribution in [0.2, 0.25) is 0 Å². The first-order chi connectivity index (χ1) is 8.25. The molecular weight excluding hydrogens is 210 g/mol. The first-order valence-electron chi connectivity index (χ1n) is 6.02. The van der Waals surface area contributed by atoms with Crippen LogP contribution in [0.15, 0.2) is 42.9 Å². The summed E-state index contributed by atoms with van der Waals surface area (Å²) in [5.41, 5.74) is 2.54. The van der Waals surface area contributed by atoms with Gasteiger partial charge < -0.3 is 9.88 Å². The number of hydrogen-bond donors (Lipinski definition) is 1. The van der Waals surface area contributed by atoms with Crippen LogP contribution >= 0.6 is 0 Å². The Kier molecular flexibility index (Phi) is 3.94. The molecule has 0 fully saturated rings. The fraction of sp³-hybridized carbons (Fsp3) is 0.357. The Morgan fingerprint density at radius 2 is 2.18 bits per heavy atom. The van der Waals surface area contributed by atoms with Gasteiger partial charge in [0.1, 0.15) is 0 Å². The Bertz CT molecular complexity index is 446. The van der Waals surface area contributed by atoms with Crippen molar-refractivity contribution < 1.29 is 0 Å². The number of nitrogens with one attached hydrogen (secondary N) is 1. The van der Waals surface area contributed by atoms with Crippen LogP contribution in [0.4, 0.5) is 0 Å². The lowest BCUT2D eigenvalue weighted by Crippen LogP contribution is -2.23. The molecule has 0 aromatic carbocycles. The van der Waals surface area contributed by atoms with E-state index >= 15 is 0 Å². The zero-order chi connectivity index (χ0) is 12.1. The number of nitrogens with zero attached hydrogens (tertiary/aromatic N) is 2. The Hall–Kier alpha value is -1.61. The molecule has 1 N–H and O–H groups in total. The second kappa shape index (κ2) is 5.64. The van der Waals surface area contributed by atoms with E-state index in [0.717, 1.165) is 13.1 Å². The summed E-state index contributed by atoms with van der Waals surface area (Å²) in [6.07, 6.45) is 5.84. The minimum Gasteiger partial charge on any atom is -0.346 e. The van der Waals surface area contributed by atoms with Gasteiger partial charge in [-0.1, -0.05) is 19.9 Å². The fourth-order valence-electron chi connectivity index (χ4n) is 1.76. The highest BCUT2D eigenvalue weighted by Gasteiger charge is 2.02. The van der Waals surface area contributed by atoms with Crippen LogP contribution in [0.1, 0.15) is 25.1 Å². The topological polar surface area (TPSA) is 29.9 Å². The lowest BCUT2D eigenvalue weighted by Gasteiger charge is -2.12. The van der Waals surface area contributed by atoms with Crippen molar-refractivity contribution in [2.75, 3.05) is 0 Å². The third kappa shape index (κ3) is 3.43. The largest absolute Gasteiger partial charge is 0.346 e. The van der Waals surface area contributed by atoms with Crippen molar-refractivity contribution in [1.29, 1.82) is 0 Å². The summed E-state index contributed by atoms with van der Waals surface area (Å²) in [7, 11) is 0. The predicted octanol–water partition coefficient (Wildman–Crippen LogP) is 2.43. The van der Waals surface area contributed by atoms with E-state index in [-0.39, 0.29) is 0 Å². The van der Waals surface area contributed by atoms with E-state index < -0.39 is 0 Å². The van der Waals surface area contributed by atoms with Gasteiger partial charge in [0.05, 0.1) is 0 Å². The molecule has 90 valence electrons. The molecule has 0 radical (unpaired) electrons. The highest BCUT2D eigenvalue weighted by atomic mass is 15.0. The van der Waals surface area contributed by atoms with Crippen molar-refractivity contribution >= 4 is 0 Å². The zero-order valence-corrected chi connectivity index (χ0v) is 10.4. The normalized spacial score (nSPS) is 11.0. The van der Waals surface area contributed by atoms with Crippen molar-refractivity contribution in [2.24, 2.45) is 0 Å². The Balaban J connectivity index is 2.04. The third-order valence-electron chi connectivity index (χ3n) is 2.69. The summed E-state index contributed by atoms with van der Waals surface area (Å²) in [6, 6.07) is 8.84. The van der Waals surface area contributed by atoms with Crippen molar-refractivity contribution in [3.63, 3.8) is 0 Å². The standard InChI is InChI=1S/C14H19N3/c1-12(2)16-10-14-6-4-8-17(14)11-13-5-3-7-15-9-13/h3-9,12,16H,10-11H2,1-2H3. The monoisotopic (exact) mass is 229 g/mol. The molecule has 0 spiro atoms. The molecule has 2 aromatic heterocycles. The molecule has 3 heteroatoms. The minimum atomic E-state index is 0.511. The average molecular weight is 229 g/mol. The van der Waals surface area contributed by atoms with Gasteiger partial charge >= 0.3 is 0 Å². The second-order valence-electron chi connectivity index (χ2n) is 4.52. The third-order valence-corrected chi connectivity index (χ3v) is 2.69. The molecule has 3 nitrogen and oxygen atoms in total. The van der Waals surface area contributed by atoms with Crippen LogP contribution in [-0.4, -0.2) is 15.6 Å². The van der Waals surface area contributed by atoms with Crippen molar-refractivity contribution in [1.82, 2.24) is 14.9 Å². The predicted molar refractivity (Wildman–Crippen MR) is 69.7 cm³/mol. The summed E-state index contributed by atoms with van der Waals surface area (Å²) in [5, 5.41) is 3.44. The summed E-state index contributed by atoms with van der Waals surface area (Å²) in [6.45, 7) is 6.11. The van der Waals surface area contributed by atoms with Crippen molar-refractivity contribution in [2.45, 2.75) is 33.0 Å². The molecule has 2 aromatic rings. The van der Waals surface area contributed by atoms with E-state index in [4.69, 9.17) is 0 Å². The summed E-state index contributed by atoms with van der Waals surface area (Å²) < 4.78 is 2.26. The second-order valence-corrected chi connectivity index (χ2v) is 4.52. The molecule has 0 saturated carbocycles. The van der Waals surface area contributed by atoms with E-state index in [1.165, 1.54) is 11.3 Å². The maximum absolute atomic E-state index is 4.14. The van der Waals surface area contributed by atoms with Crippen molar-refractivity contribution in [3.8, 4) is 0 Å². The Morgan fingerprint density at radius 1 is 1.29 bits per heavy atom. The van der Waals surface area contributed by atoms with Gasteiger partial charge in [0.2, 0.25) is 0 Å². The highest BCUT2D eigenvalue weighted by Crippen LogP contribution is 2.07. The summed E-state index contributed by atoms with van der Waals surface area (Å²) >= 11 is 0. The van der Waals surface area contributed by atoms with Crippen LogP contribution in [-0.2, 0) is 13.1 Å². The van der Waals surface area contributed by atoms with Crippen LogP contribution in [0.5, 0.6) is 0 Å². The zero-order valence-electron chi connectivity index (χ0n) is 10.4. The fourth-order valence-corrected chi connectivity index (χ4v) is 1.76. The van der Waals surface area contributed by atoms with E-state index in [0.29, 0.717) is 6.04 Å². The van der Waals surface area contributed by atoms with Crippen LogP contribution in [0.25, 0.3) is 0 Å². The van der Waals surface area contributed by atoms with Gasteiger partial charge in [0.25, 0.3) is 0 Å². The molecule has 2 rings (SSSR count). The smallest absolute Gasteiger partial charge is 0.0488 e. The molecule has 2 heterocycles. The Morgan fingerprint density at radius 3 is 2.88 bits per heavy atom. The van der Waals surface area contributed by atoms with Crippen LogP contribution < -0.4 is 5.32 Å². The molecule has 0 aliphatic carbocycles. The molecule has 0 aliphatic heterocycles. The molecule has 0 bridgehead atoms. The van der Waals surface area contributed by atoms with Crippen molar-refractivity contribution in [3.05, 3.63) is 54.1 Å². The van der Waals surface area contributed by atoms with Gasteiger partial charge in [0.15, 0.2) is 0 Å². The first kappa shape index (κ1) is 11.9. The van der Waals surface area contributed by atoms with E-state index in [1.807, 2.05) is 12.3 Å². The van der Waals surface area contributed by atoms with Gasteiger partial charge in [-0.2, -0.15) is 0 Å². The van der Waals surface area contributed by atoms with Crippen LogP contribution in [0, 0.1) is 0 Å². The lowest BCUT2D eigenvalue weighted by molar-refractivity contribution is 0.564. The van der Waals surface area contributed by atoms with Gasteiger partial charge in [0, 0.05) is 43.4 Å². The molecule has 0 atom stereocenters. The number of aromatic nitrogens is 2. The molecular formula is C14H19N3. The number of pyridine rings is 1. The molecule has 0 saturated heterocycles. The SMILES string of the molecule is CC(C)NCc1cccn1Cc1cccnc1. The molecule has 0 unspecified atom stereocenters. The summed E-state index contributed by atoms with van der Waals surface area (Å²) in [4.78, 5) is 4.14. The molecule has 0 amide bonds. The van der Waals surface area contributed by atoms with Gasteiger partial charge in [-0.15, -0.1) is 0 Å². The molecule has 17 heavy (non-hydrogen) atoms. The van der Waals surface area contributed by atoms with E-state index in [1.54, 1.807) is 6.20 Å². The highest BCUT2D eigenvalue weighted by molar-refractivity contribution is 5.14. The van der Waals surface area contributed by atoms with Gasteiger partial charge in [-0.25, -0.2) is 0 Å². The average Bonchev–Trinajstić information content (AvgIpc) is 2.75. The quantitative estimate of drug-likeness (QED) is 0.853.